The number of rotatable bonds is 6. The molecule has 0 aromatic heterocycles. The summed E-state index contributed by atoms with van der Waals surface area (Å²) >= 11 is 0. The van der Waals surface area contributed by atoms with Crippen LogP contribution in [0.25, 0.3) is 0 Å². The Morgan fingerprint density at radius 2 is 1.69 bits per heavy atom. The van der Waals surface area contributed by atoms with E-state index in [2.05, 4.69) is 6.92 Å². The van der Waals surface area contributed by atoms with Crippen molar-refractivity contribution in [3.8, 4) is 0 Å². The summed E-state index contributed by atoms with van der Waals surface area (Å²) in [6, 6.07) is 5.87. The van der Waals surface area contributed by atoms with Crippen molar-refractivity contribution < 1.29 is 68.0 Å². The quantitative estimate of drug-likeness (QED) is 0.178. The number of fused-ring (bicyclic) bond motifs is 4. The van der Waals surface area contributed by atoms with Gasteiger partial charge in [-0.25, -0.2) is 14.4 Å². The van der Waals surface area contributed by atoms with Gasteiger partial charge in [-0.05, 0) is 48.8 Å². The van der Waals surface area contributed by atoms with Crippen molar-refractivity contribution in [3.63, 3.8) is 0 Å². The molecule has 14 nitrogen and oxygen atoms in total. The smallest absolute Gasteiger partial charge is 0.341 e. The molecule has 2 saturated carbocycles. The summed E-state index contributed by atoms with van der Waals surface area (Å²) in [6.07, 6.45) is -8.19. The Morgan fingerprint density at radius 1 is 0.979 bits per heavy atom. The normalized spacial score (nSPS) is 49.0. The van der Waals surface area contributed by atoms with Crippen molar-refractivity contribution in [2.24, 2.45) is 17.3 Å². The summed E-state index contributed by atoms with van der Waals surface area (Å²) in [6.45, 7) is 5.74. The van der Waals surface area contributed by atoms with Crippen molar-refractivity contribution in [1.82, 2.24) is 0 Å². The molecule has 9 rings (SSSR count). The van der Waals surface area contributed by atoms with Gasteiger partial charge in [0.15, 0.2) is 11.7 Å². The molecule has 2 unspecified atom stereocenters. The predicted molar refractivity (Wildman–Crippen MR) is 156 cm³/mol. The van der Waals surface area contributed by atoms with E-state index in [9.17, 15) is 34.8 Å². The maximum atomic E-state index is 14.2. The Hall–Kier alpha value is -2.95. The highest BCUT2D eigenvalue weighted by Crippen LogP contribution is 2.83. The van der Waals surface area contributed by atoms with Crippen LogP contribution in [0.1, 0.15) is 60.7 Å². The second kappa shape index (κ2) is 9.85. The van der Waals surface area contributed by atoms with E-state index in [4.69, 9.17) is 33.2 Å². The Bertz CT molecular complexity index is 1660. The van der Waals surface area contributed by atoms with Gasteiger partial charge in [-0.15, -0.1) is 0 Å². The third-order valence-electron chi connectivity index (χ3n) is 12.7. The lowest BCUT2D eigenvalue weighted by molar-refractivity contribution is -0.285. The minimum absolute atomic E-state index is 0.00195. The standard InChI is InChI=1S/C34H38O14/c1-13(2)32-24(47-32)25-34(48-25)31(3)9-8-16-17(12-42-26(16)39)18(31)10-20-33(34,46-20)30(32)45-28(41)15-7-5-4-6-14(15)27(40)44-29-23(38)22(37)21(36)19(11-35)43-29/h4-7,13,18-25,29-30,35-38H,8-12H2,1-3H3/t18-,19?,20-,21+,22-,23?,24-,25-,29-,30+,31-,32-,33+,34+/m0/s1. The molecule has 4 N–H and O–H groups in total. The molecule has 5 heterocycles. The topological polar surface area (TPSA) is 207 Å². The van der Waals surface area contributed by atoms with E-state index in [1.807, 2.05) is 13.8 Å². The number of benzene rings is 1. The molecule has 0 radical (unpaired) electrons. The van der Waals surface area contributed by atoms with E-state index in [0.29, 0.717) is 19.3 Å². The number of carbonyl (C=O) groups excluding carboxylic acids is 3. The van der Waals surface area contributed by atoms with Crippen LogP contribution >= 0.6 is 0 Å². The zero-order valence-electron chi connectivity index (χ0n) is 26.6. The first-order chi connectivity index (χ1) is 22.9. The lowest BCUT2D eigenvalue weighted by atomic mass is 9.46. The molecule has 48 heavy (non-hydrogen) atoms. The van der Waals surface area contributed by atoms with Crippen LogP contribution in [0, 0.1) is 17.3 Å². The minimum atomic E-state index is -1.81. The Kier molecular flexibility index (Phi) is 6.37. The van der Waals surface area contributed by atoms with Gasteiger partial charge in [-0.1, -0.05) is 32.9 Å². The summed E-state index contributed by atoms with van der Waals surface area (Å²) in [4.78, 5) is 40.1. The van der Waals surface area contributed by atoms with Gasteiger partial charge in [-0.2, -0.15) is 0 Å². The number of epoxide rings is 3. The third kappa shape index (κ3) is 3.57. The molecule has 4 saturated heterocycles. The molecule has 0 amide bonds. The fourth-order valence-corrected chi connectivity index (χ4v) is 10.2. The number of esters is 3. The number of hydrogen-bond donors (Lipinski definition) is 4. The molecular weight excluding hydrogens is 632 g/mol. The summed E-state index contributed by atoms with van der Waals surface area (Å²) in [7, 11) is 0. The van der Waals surface area contributed by atoms with Crippen molar-refractivity contribution in [1.29, 1.82) is 0 Å². The van der Waals surface area contributed by atoms with Gasteiger partial charge in [-0.3, -0.25) is 0 Å². The number of carbonyl (C=O) groups is 3. The number of aliphatic hydroxyl groups excluding tert-OH is 4. The van der Waals surface area contributed by atoms with Crippen LogP contribution in [-0.2, 0) is 38.0 Å². The van der Waals surface area contributed by atoms with Crippen LogP contribution < -0.4 is 0 Å². The zero-order valence-corrected chi connectivity index (χ0v) is 26.6. The molecule has 1 aromatic rings. The first kappa shape index (κ1) is 31.1. The molecule has 3 aliphatic carbocycles. The van der Waals surface area contributed by atoms with Gasteiger partial charge in [0.2, 0.25) is 6.29 Å². The average Bonchev–Trinajstić information content (AvgIpc) is 3.99. The second-order valence-electron chi connectivity index (χ2n) is 14.9. The van der Waals surface area contributed by atoms with E-state index in [1.54, 1.807) is 6.07 Å². The fourth-order valence-electron chi connectivity index (χ4n) is 10.2. The first-order valence-electron chi connectivity index (χ1n) is 16.6. The summed E-state index contributed by atoms with van der Waals surface area (Å²) in [5, 5.41) is 40.2. The van der Waals surface area contributed by atoms with Gasteiger partial charge >= 0.3 is 17.9 Å². The number of aliphatic hydroxyl groups is 4. The maximum absolute atomic E-state index is 14.2. The van der Waals surface area contributed by atoms with Crippen LogP contribution in [0.2, 0.25) is 0 Å². The Morgan fingerprint density at radius 3 is 2.38 bits per heavy atom. The molecule has 6 fully saturated rings. The van der Waals surface area contributed by atoms with Crippen LogP contribution in [0.15, 0.2) is 35.4 Å². The molecule has 8 aliphatic rings. The zero-order chi connectivity index (χ0) is 33.7. The summed E-state index contributed by atoms with van der Waals surface area (Å²) < 4.78 is 42.5. The van der Waals surface area contributed by atoms with E-state index < -0.39 is 77.6 Å². The molecule has 0 bridgehead atoms. The summed E-state index contributed by atoms with van der Waals surface area (Å²) in [5.41, 5.74) is -1.66. The van der Waals surface area contributed by atoms with E-state index in [1.165, 1.54) is 18.2 Å². The fraction of sp³-hybridized carbons (Fsp3) is 0.676. The summed E-state index contributed by atoms with van der Waals surface area (Å²) in [5.74, 6) is -2.21. The van der Waals surface area contributed by atoms with E-state index in [-0.39, 0.29) is 53.9 Å². The highest BCUT2D eigenvalue weighted by molar-refractivity contribution is 6.03. The van der Waals surface area contributed by atoms with Crippen LogP contribution in [-0.4, -0.2) is 123 Å². The Balaban J connectivity index is 1.03. The van der Waals surface area contributed by atoms with Crippen molar-refractivity contribution in [2.45, 2.75) is 112 Å². The largest absolute Gasteiger partial charge is 0.458 e. The van der Waals surface area contributed by atoms with E-state index >= 15 is 0 Å². The molecule has 258 valence electrons. The molecule has 5 aliphatic heterocycles. The van der Waals surface area contributed by atoms with Crippen LogP contribution in [0.5, 0.6) is 0 Å². The van der Waals surface area contributed by atoms with Gasteiger partial charge in [0.25, 0.3) is 0 Å². The maximum Gasteiger partial charge on any atom is 0.341 e. The SMILES string of the molecule is CC(C)[C@]12O[C@H]1[C@@H]1O[C@]13[C@]1(O[C@H]1C[C@H]1C4=C(CC[C@@]13C)C(=O)OC4)[C@@H]2OC(=O)c1ccccc1C(=O)O[C@@H]1OC(CO)[C@@H](O)[C@H](O)C1O. The lowest BCUT2D eigenvalue weighted by Crippen LogP contribution is -2.70. The number of ether oxygens (including phenoxy) is 7. The third-order valence-corrected chi connectivity index (χ3v) is 12.7. The first-order valence-corrected chi connectivity index (χ1v) is 16.6. The monoisotopic (exact) mass is 670 g/mol. The van der Waals surface area contributed by atoms with Crippen molar-refractivity contribution in [2.75, 3.05) is 13.2 Å². The predicted octanol–water partition coefficient (Wildman–Crippen LogP) is -0.0755. The molecule has 14 atom stereocenters. The second-order valence-corrected chi connectivity index (χ2v) is 14.9. The van der Waals surface area contributed by atoms with Gasteiger partial charge in [0.1, 0.15) is 54.4 Å². The van der Waals surface area contributed by atoms with Crippen LogP contribution in [0.3, 0.4) is 0 Å². The van der Waals surface area contributed by atoms with Crippen LogP contribution in [0.4, 0.5) is 0 Å². The molecule has 1 aromatic carbocycles. The average molecular weight is 671 g/mol. The molecule has 2 spiro atoms. The number of cyclic esters (lactones) is 1. The van der Waals surface area contributed by atoms with Gasteiger partial charge < -0.3 is 53.6 Å². The minimum Gasteiger partial charge on any atom is -0.458 e. The molecule has 14 heteroatoms. The highest BCUT2D eigenvalue weighted by Gasteiger charge is 3.01. The highest BCUT2D eigenvalue weighted by atomic mass is 16.8. The molecular formula is C34H38O14. The lowest BCUT2D eigenvalue weighted by Gasteiger charge is -2.53. The van der Waals surface area contributed by atoms with E-state index in [0.717, 1.165) is 11.1 Å². The number of hydrogen-bond acceptors (Lipinski definition) is 14. The van der Waals surface area contributed by atoms with Gasteiger partial charge in [0, 0.05) is 11.0 Å². The van der Waals surface area contributed by atoms with Crippen molar-refractivity contribution >= 4 is 17.9 Å². The van der Waals surface area contributed by atoms with Gasteiger partial charge in [0.05, 0.1) is 23.8 Å². The van der Waals surface area contributed by atoms with Crippen molar-refractivity contribution in [3.05, 3.63) is 46.5 Å². The Labute approximate surface area is 274 Å².